The molecule has 0 fully saturated rings. The summed E-state index contributed by atoms with van der Waals surface area (Å²) in [5.41, 5.74) is 7.81. The van der Waals surface area contributed by atoms with Crippen molar-refractivity contribution in [2.24, 2.45) is 5.73 Å². The van der Waals surface area contributed by atoms with Gasteiger partial charge in [0.15, 0.2) is 9.84 Å². The fourth-order valence-electron chi connectivity index (χ4n) is 2.48. The van der Waals surface area contributed by atoms with Gasteiger partial charge in [0.05, 0.1) is 17.5 Å². The van der Waals surface area contributed by atoms with Gasteiger partial charge in [-0.2, -0.15) is 11.8 Å². The second-order valence-corrected chi connectivity index (χ2v) is 9.15. The molecule has 0 aliphatic heterocycles. The molecule has 0 radical (unpaired) electrons. The van der Waals surface area contributed by atoms with E-state index >= 15 is 0 Å². The van der Waals surface area contributed by atoms with Crippen LogP contribution in [0, 0.1) is 0 Å². The lowest BCUT2D eigenvalue weighted by Gasteiger charge is -2.12. The molecule has 0 aliphatic rings. The van der Waals surface area contributed by atoms with Crippen molar-refractivity contribution in [1.82, 2.24) is 0 Å². The number of thioether (sulfide) groups is 1. The second kappa shape index (κ2) is 11.3. The van der Waals surface area contributed by atoms with Crippen molar-refractivity contribution in [2.75, 3.05) is 17.3 Å². The lowest BCUT2D eigenvalue weighted by atomic mass is 10.2. The number of carbonyl (C=O) groups is 1. The predicted octanol–water partition coefficient (Wildman–Crippen LogP) is 3.24. The van der Waals surface area contributed by atoms with Gasteiger partial charge in [-0.05, 0) is 41.7 Å². The normalized spacial score (nSPS) is 12.1. The lowest BCUT2D eigenvalue weighted by molar-refractivity contribution is -0.117. The van der Waals surface area contributed by atoms with Crippen LogP contribution in [0.1, 0.15) is 17.5 Å². The van der Waals surface area contributed by atoms with Crippen LogP contribution < -0.4 is 11.1 Å². The molecule has 27 heavy (non-hydrogen) atoms. The summed E-state index contributed by atoms with van der Waals surface area (Å²) in [5.74, 6) is 0.462. The first-order valence-electron chi connectivity index (χ1n) is 8.28. The molecule has 1 atom stereocenters. The number of carbonyl (C=O) groups excluding carboxylic acids is 1. The molecule has 0 aliphatic carbocycles. The zero-order valence-corrected chi connectivity index (χ0v) is 17.6. The van der Waals surface area contributed by atoms with E-state index in [1.807, 2.05) is 24.5 Å². The van der Waals surface area contributed by atoms with Crippen molar-refractivity contribution in [3.05, 3.63) is 65.7 Å². The van der Waals surface area contributed by atoms with E-state index < -0.39 is 15.9 Å². The Labute approximate surface area is 171 Å². The molecular formula is C19H25ClN2O3S2. The van der Waals surface area contributed by atoms with E-state index in [9.17, 15) is 13.2 Å². The fraction of sp³-hybridized carbons (Fsp3) is 0.316. The van der Waals surface area contributed by atoms with Crippen LogP contribution in [0.3, 0.4) is 0 Å². The highest BCUT2D eigenvalue weighted by molar-refractivity contribution is 7.98. The summed E-state index contributed by atoms with van der Waals surface area (Å²) in [7, 11) is -3.30. The number of halogens is 1. The number of hydrogen-bond donors (Lipinski definition) is 2. The summed E-state index contributed by atoms with van der Waals surface area (Å²) in [6, 6.07) is 15.4. The Morgan fingerprint density at radius 2 is 1.70 bits per heavy atom. The SMILES string of the molecule is CSCC[C@H](N)C(=O)Nc1cccc(CS(=O)(=O)Cc2ccccc2)c1.Cl. The molecule has 2 rings (SSSR count). The van der Waals surface area contributed by atoms with Gasteiger partial charge >= 0.3 is 0 Å². The summed E-state index contributed by atoms with van der Waals surface area (Å²) in [5, 5.41) is 2.76. The summed E-state index contributed by atoms with van der Waals surface area (Å²) in [4.78, 5) is 12.1. The van der Waals surface area contributed by atoms with Crippen molar-refractivity contribution in [3.8, 4) is 0 Å². The highest BCUT2D eigenvalue weighted by atomic mass is 35.5. The molecule has 2 aromatic carbocycles. The molecular weight excluding hydrogens is 404 g/mol. The maximum atomic E-state index is 12.4. The first-order chi connectivity index (χ1) is 12.4. The predicted molar refractivity (Wildman–Crippen MR) is 116 cm³/mol. The molecule has 0 spiro atoms. The first-order valence-corrected chi connectivity index (χ1v) is 11.5. The molecule has 8 heteroatoms. The van der Waals surface area contributed by atoms with E-state index in [4.69, 9.17) is 5.73 Å². The lowest BCUT2D eigenvalue weighted by Crippen LogP contribution is -2.36. The highest BCUT2D eigenvalue weighted by Crippen LogP contribution is 2.16. The fourth-order valence-corrected chi connectivity index (χ4v) is 4.46. The minimum absolute atomic E-state index is 0. The van der Waals surface area contributed by atoms with Gasteiger partial charge in [-0.3, -0.25) is 4.79 Å². The first kappa shape index (κ1) is 23.5. The zero-order chi connectivity index (χ0) is 19.0. The maximum absolute atomic E-state index is 12.4. The van der Waals surface area contributed by atoms with Gasteiger partial charge in [0.25, 0.3) is 0 Å². The molecule has 1 amide bonds. The van der Waals surface area contributed by atoms with Crippen LogP contribution in [0.4, 0.5) is 5.69 Å². The van der Waals surface area contributed by atoms with E-state index in [-0.39, 0.29) is 29.8 Å². The standard InChI is InChI=1S/C19H24N2O3S2.ClH/c1-25-11-10-18(20)19(22)21-17-9-5-8-16(12-17)14-26(23,24)13-15-6-3-2-4-7-15;/h2-9,12,18H,10-11,13-14,20H2,1H3,(H,21,22);1H/t18-;/m0./s1. The summed E-state index contributed by atoms with van der Waals surface area (Å²) < 4.78 is 24.8. The third-order valence-corrected chi connectivity index (χ3v) is 5.97. The molecule has 148 valence electrons. The summed E-state index contributed by atoms with van der Waals surface area (Å²) in [6.45, 7) is 0. The molecule has 0 bridgehead atoms. The number of benzene rings is 2. The van der Waals surface area contributed by atoms with Gasteiger partial charge in [0.1, 0.15) is 0 Å². The number of nitrogens with two attached hydrogens (primary N) is 1. The number of sulfone groups is 1. The Hall–Kier alpha value is -1.54. The number of anilines is 1. The van der Waals surface area contributed by atoms with Gasteiger partial charge in [-0.1, -0.05) is 42.5 Å². The van der Waals surface area contributed by atoms with Crippen LogP contribution in [-0.2, 0) is 26.1 Å². The van der Waals surface area contributed by atoms with Crippen LogP contribution in [0.15, 0.2) is 54.6 Å². The van der Waals surface area contributed by atoms with Crippen molar-refractivity contribution in [1.29, 1.82) is 0 Å². The minimum Gasteiger partial charge on any atom is -0.325 e. The number of amides is 1. The van der Waals surface area contributed by atoms with E-state index in [1.54, 1.807) is 48.2 Å². The van der Waals surface area contributed by atoms with E-state index in [0.29, 0.717) is 17.7 Å². The Bertz CT molecular complexity index is 830. The van der Waals surface area contributed by atoms with E-state index in [0.717, 1.165) is 11.3 Å². The number of hydrogen-bond acceptors (Lipinski definition) is 5. The van der Waals surface area contributed by atoms with Crippen LogP contribution in [-0.4, -0.2) is 32.4 Å². The molecule has 5 nitrogen and oxygen atoms in total. The zero-order valence-electron chi connectivity index (χ0n) is 15.1. The van der Waals surface area contributed by atoms with Crippen LogP contribution in [0.25, 0.3) is 0 Å². The summed E-state index contributed by atoms with van der Waals surface area (Å²) in [6.07, 6.45) is 2.56. The van der Waals surface area contributed by atoms with Gasteiger partial charge in [-0.15, -0.1) is 12.4 Å². The molecule has 0 heterocycles. The van der Waals surface area contributed by atoms with Gasteiger partial charge in [-0.25, -0.2) is 8.42 Å². The smallest absolute Gasteiger partial charge is 0.241 e. The van der Waals surface area contributed by atoms with Gasteiger partial charge in [0, 0.05) is 5.69 Å². The molecule has 0 aromatic heterocycles. The Morgan fingerprint density at radius 3 is 2.37 bits per heavy atom. The van der Waals surface area contributed by atoms with Crippen molar-refractivity contribution in [3.63, 3.8) is 0 Å². The van der Waals surface area contributed by atoms with Crippen molar-refractivity contribution >= 4 is 45.6 Å². The van der Waals surface area contributed by atoms with Gasteiger partial charge in [0.2, 0.25) is 5.91 Å². The van der Waals surface area contributed by atoms with E-state index in [2.05, 4.69) is 5.32 Å². The average molecular weight is 429 g/mol. The molecule has 0 saturated heterocycles. The largest absolute Gasteiger partial charge is 0.325 e. The topological polar surface area (TPSA) is 89.3 Å². The average Bonchev–Trinajstić information content (AvgIpc) is 2.59. The Kier molecular flexibility index (Phi) is 9.87. The maximum Gasteiger partial charge on any atom is 0.241 e. The summed E-state index contributed by atoms with van der Waals surface area (Å²) >= 11 is 1.64. The van der Waals surface area contributed by atoms with Crippen LogP contribution >= 0.6 is 24.2 Å². The number of rotatable bonds is 9. The third-order valence-electron chi connectivity index (χ3n) is 3.78. The second-order valence-electron chi connectivity index (χ2n) is 6.10. The van der Waals surface area contributed by atoms with Crippen molar-refractivity contribution < 1.29 is 13.2 Å². The van der Waals surface area contributed by atoms with Crippen LogP contribution in [0.2, 0.25) is 0 Å². The molecule has 0 unspecified atom stereocenters. The van der Waals surface area contributed by atoms with E-state index in [1.165, 1.54) is 0 Å². The quantitative estimate of drug-likeness (QED) is 0.639. The number of nitrogens with one attached hydrogen (secondary N) is 1. The molecule has 0 saturated carbocycles. The molecule has 3 N–H and O–H groups in total. The monoisotopic (exact) mass is 428 g/mol. The minimum atomic E-state index is -3.30. The van der Waals surface area contributed by atoms with Gasteiger partial charge < -0.3 is 11.1 Å². The van der Waals surface area contributed by atoms with Crippen molar-refractivity contribution in [2.45, 2.75) is 24.0 Å². The molecule has 2 aromatic rings. The Balaban J connectivity index is 0.00000364. The highest BCUT2D eigenvalue weighted by Gasteiger charge is 2.15. The Morgan fingerprint density at radius 1 is 1.07 bits per heavy atom. The third kappa shape index (κ3) is 8.34. The van der Waals surface area contributed by atoms with Crippen LogP contribution in [0.5, 0.6) is 0 Å².